The summed E-state index contributed by atoms with van der Waals surface area (Å²) in [6.45, 7) is 4.97. The van der Waals surface area contributed by atoms with Crippen LogP contribution in [0, 0.1) is 0 Å². The van der Waals surface area contributed by atoms with E-state index in [4.69, 9.17) is 4.74 Å². The van der Waals surface area contributed by atoms with Crippen molar-refractivity contribution in [3.63, 3.8) is 0 Å². The van der Waals surface area contributed by atoms with Crippen molar-refractivity contribution in [2.75, 3.05) is 11.9 Å². The Labute approximate surface area is 119 Å². The van der Waals surface area contributed by atoms with E-state index in [9.17, 15) is 5.11 Å². The third-order valence-electron chi connectivity index (χ3n) is 3.69. The third-order valence-corrected chi connectivity index (χ3v) is 3.69. The molecule has 0 bridgehead atoms. The number of phenolic OH excluding ortho intramolecular Hbond substituents is 1. The molecule has 1 aliphatic rings. The van der Waals surface area contributed by atoms with Gasteiger partial charge in [-0.3, -0.25) is 0 Å². The average molecular weight is 269 g/mol. The van der Waals surface area contributed by atoms with Gasteiger partial charge in [-0.15, -0.1) is 0 Å². The number of para-hydroxylation sites is 1. The summed E-state index contributed by atoms with van der Waals surface area (Å²) in [6, 6.07) is 13.8. The molecule has 1 heterocycles. The molecule has 0 amide bonds. The highest BCUT2D eigenvalue weighted by atomic mass is 16.5. The monoisotopic (exact) mass is 269 g/mol. The molecule has 0 saturated carbocycles. The summed E-state index contributed by atoms with van der Waals surface area (Å²) < 4.78 is 5.64. The number of benzene rings is 2. The number of aromatic hydroxyl groups is 1. The number of rotatable bonds is 3. The van der Waals surface area contributed by atoms with Gasteiger partial charge in [0.25, 0.3) is 0 Å². The van der Waals surface area contributed by atoms with Crippen molar-refractivity contribution in [3.05, 3.63) is 53.6 Å². The molecule has 1 atom stereocenters. The van der Waals surface area contributed by atoms with E-state index >= 15 is 0 Å². The van der Waals surface area contributed by atoms with Crippen molar-refractivity contribution >= 4 is 5.69 Å². The maximum atomic E-state index is 9.49. The molecule has 0 radical (unpaired) electrons. The molecular weight excluding hydrogens is 250 g/mol. The van der Waals surface area contributed by atoms with Gasteiger partial charge in [-0.1, -0.05) is 32.0 Å². The molecule has 0 saturated heterocycles. The Morgan fingerprint density at radius 1 is 1.20 bits per heavy atom. The van der Waals surface area contributed by atoms with Crippen molar-refractivity contribution in [1.82, 2.24) is 0 Å². The van der Waals surface area contributed by atoms with Gasteiger partial charge in [0, 0.05) is 17.3 Å². The highest BCUT2D eigenvalue weighted by molar-refractivity contribution is 5.56. The van der Waals surface area contributed by atoms with Gasteiger partial charge >= 0.3 is 0 Å². The van der Waals surface area contributed by atoms with Crippen molar-refractivity contribution < 1.29 is 9.84 Å². The molecule has 0 fully saturated rings. The first-order valence-electron chi connectivity index (χ1n) is 6.96. The van der Waals surface area contributed by atoms with Gasteiger partial charge in [0.15, 0.2) is 0 Å². The fraction of sp³-hybridized carbons (Fsp3) is 0.294. The maximum Gasteiger partial charge on any atom is 0.128 e. The van der Waals surface area contributed by atoms with Gasteiger partial charge in [0.2, 0.25) is 0 Å². The van der Waals surface area contributed by atoms with Gasteiger partial charge in [-0.2, -0.15) is 0 Å². The van der Waals surface area contributed by atoms with Crippen LogP contribution in [0.4, 0.5) is 5.69 Å². The number of nitrogens with one attached hydrogen (secondary N) is 1. The zero-order chi connectivity index (χ0) is 14.1. The van der Waals surface area contributed by atoms with Crippen molar-refractivity contribution in [2.45, 2.75) is 25.8 Å². The lowest BCUT2D eigenvalue weighted by Crippen LogP contribution is -2.13. The van der Waals surface area contributed by atoms with Gasteiger partial charge in [0.1, 0.15) is 18.1 Å². The van der Waals surface area contributed by atoms with Crippen LogP contribution in [0.3, 0.4) is 0 Å². The second-order valence-corrected chi connectivity index (χ2v) is 5.47. The summed E-state index contributed by atoms with van der Waals surface area (Å²) >= 11 is 0. The highest BCUT2D eigenvalue weighted by Gasteiger charge is 2.25. The van der Waals surface area contributed by atoms with Crippen LogP contribution in [0.2, 0.25) is 0 Å². The number of fused-ring (bicyclic) bond motifs is 1. The third kappa shape index (κ3) is 2.31. The lowest BCUT2D eigenvalue weighted by molar-refractivity contribution is 0.338. The molecule has 0 spiro atoms. The van der Waals surface area contributed by atoms with Crippen LogP contribution in [0.25, 0.3) is 0 Å². The molecule has 1 unspecified atom stereocenters. The Kier molecular flexibility index (Phi) is 3.26. The smallest absolute Gasteiger partial charge is 0.128 e. The Hall–Kier alpha value is -2.16. The Morgan fingerprint density at radius 2 is 2.00 bits per heavy atom. The minimum absolute atomic E-state index is 0.130. The van der Waals surface area contributed by atoms with Crippen LogP contribution >= 0.6 is 0 Å². The van der Waals surface area contributed by atoms with Crippen LogP contribution in [-0.2, 0) is 0 Å². The lowest BCUT2D eigenvalue weighted by atomic mass is 10.00. The molecule has 2 N–H and O–H groups in total. The van der Waals surface area contributed by atoms with Gasteiger partial charge in [0.05, 0.1) is 6.04 Å². The van der Waals surface area contributed by atoms with E-state index in [1.54, 1.807) is 12.1 Å². The quantitative estimate of drug-likeness (QED) is 0.882. The topological polar surface area (TPSA) is 41.5 Å². The van der Waals surface area contributed by atoms with Crippen LogP contribution in [0.1, 0.15) is 36.9 Å². The SMILES string of the molecule is CC(C)c1ccccc1NC1COc2cc(O)ccc21. The summed E-state index contributed by atoms with van der Waals surface area (Å²) in [5.41, 5.74) is 3.55. The van der Waals surface area contributed by atoms with Crippen LogP contribution in [0.15, 0.2) is 42.5 Å². The van der Waals surface area contributed by atoms with E-state index in [0.717, 1.165) is 17.0 Å². The van der Waals surface area contributed by atoms with E-state index in [-0.39, 0.29) is 11.8 Å². The van der Waals surface area contributed by atoms with E-state index in [1.807, 2.05) is 12.1 Å². The van der Waals surface area contributed by atoms with E-state index in [0.29, 0.717) is 12.5 Å². The van der Waals surface area contributed by atoms with Crippen molar-refractivity contribution in [3.8, 4) is 11.5 Å². The minimum atomic E-state index is 0.130. The summed E-state index contributed by atoms with van der Waals surface area (Å²) in [6.07, 6.45) is 0. The second kappa shape index (κ2) is 5.08. The number of phenols is 1. The molecule has 104 valence electrons. The van der Waals surface area contributed by atoms with Gasteiger partial charge in [-0.05, 0) is 29.7 Å². The highest BCUT2D eigenvalue weighted by Crippen LogP contribution is 2.37. The van der Waals surface area contributed by atoms with Crippen molar-refractivity contribution in [1.29, 1.82) is 0 Å². The summed E-state index contributed by atoms with van der Waals surface area (Å²) in [5.74, 6) is 1.48. The fourth-order valence-corrected chi connectivity index (χ4v) is 2.64. The predicted molar refractivity (Wildman–Crippen MR) is 80.5 cm³/mol. The lowest BCUT2D eigenvalue weighted by Gasteiger charge is -2.18. The fourth-order valence-electron chi connectivity index (χ4n) is 2.64. The molecule has 1 aliphatic heterocycles. The Balaban J connectivity index is 1.88. The molecule has 2 aromatic carbocycles. The number of ether oxygens (including phenoxy) is 1. The van der Waals surface area contributed by atoms with Crippen LogP contribution < -0.4 is 10.1 Å². The molecule has 20 heavy (non-hydrogen) atoms. The number of hydrogen-bond acceptors (Lipinski definition) is 3. The van der Waals surface area contributed by atoms with Gasteiger partial charge in [-0.25, -0.2) is 0 Å². The normalized spacial score (nSPS) is 16.9. The van der Waals surface area contributed by atoms with Crippen LogP contribution in [-0.4, -0.2) is 11.7 Å². The number of hydrogen-bond donors (Lipinski definition) is 2. The first-order chi connectivity index (χ1) is 9.65. The Morgan fingerprint density at radius 3 is 2.80 bits per heavy atom. The van der Waals surface area contributed by atoms with E-state index < -0.39 is 0 Å². The first kappa shape index (κ1) is 12.9. The molecule has 3 rings (SSSR count). The zero-order valence-corrected chi connectivity index (χ0v) is 11.8. The van der Waals surface area contributed by atoms with Gasteiger partial charge < -0.3 is 15.2 Å². The Bertz CT molecular complexity index is 622. The van der Waals surface area contributed by atoms with Crippen molar-refractivity contribution in [2.24, 2.45) is 0 Å². The van der Waals surface area contributed by atoms with E-state index in [1.165, 1.54) is 5.56 Å². The molecular formula is C17H19NO2. The summed E-state index contributed by atoms with van der Waals surface area (Å²) in [7, 11) is 0. The zero-order valence-electron chi connectivity index (χ0n) is 11.8. The summed E-state index contributed by atoms with van der Waals surface area (Å²) in [4.78, 5) is 0. The number of anilines is 1. The predicted octanol–water partition coefficient (Wildman–Crippen LogP) is 4.06. The molecule has 2 aromatic rings. The molecule has 0 aromatic heterocycles. The first-order valence-corrected chi connectivity index (χ1v) is 6.96. The minimum Gasteiger partial charge on any atom is -0.508 e. The average Bonchev–Trinajstić information content (AvgIpc) is 2.81. The second-order valence-electron chi connectivity index (χ2n) is 5.47. The molecule has 3 nitrogen and oxygen atoms in total. The maximum absolute atomic E-state index is 9.49. The standard InChI is InChI=1S/C17H19NO2/c1-11(2)13-5-3-4-6-15(13)18-16-10-20-17-9-12(19)7-8-14(16)17/h3-9,11,16,18-19H,10H2,1-2H3. The van der Waals surface area contributed by atoms with E-state index in [2.05, 4.69) is 37.4 Å². The molecule has 3 heteroatoms. The molecule has 0 aliphatic carbocycles. The van der Waals surface area contributed by atoms with Crippen LogP contribution in [0.5, 0.6) is 11.5 Å². The largest absolute Gasteiger partial charge is 0.508 e. The summed E-state index contributed by atoms with van der Waals surface area (Å²) in [5, 5.41) is 13.0.